The first-order chi connectivity index (χ1) is 12.8. The Hall–Kier alpha value is -2.33. The number of likely N-dealkylation sites (tertiary alicyclic amines) is 1. The van der Waals surface area contributed by atoms with Crippen molar-refractivity contribution in [3.63, 3.8) is 0 Å². The summed E-state index contributed by atoms with van der Waals surface area (Å²) < 4.78 is 5.61. The van der Waals surface area contributed by atoms with Crippen LogP contribution in [0.25, 0.3) is 0 Å². The average molecular weight is 352 g/mol. The van der Waals surface area contributed by atoms with Crippen LogP contribution in [0.5, 0.6) is 5.75 Å². The van der Waals surface area contributed by atoms with Gasteiger partial charge in [-0.15, -0.1) is 0 Å². The van der Waals surface area contributed by atoms with E-state index in [-0.39, 0.29) is 5.91 Å². The first-order valence-corrected chi connectivity index (χ1v) is 9.56. The number of hydrogen-bond donors (Lipinski definition) is 1. The van der Waals surface area contributed by atoms with Crippen LogP contribution in [-0.2, 0) is 13.1 Å². The van der Waals surface area contributed by atoms with Gasteiger partial charge in [-0.3, -0.25) is 9.69 Å². The highest BCUT2D eigenvalue weighted by Gasteiger charge is 2.11. The zero-order chi connectivity index (χ0) is 18.2. The molecule has 138 valence electrons. The van der Waals surface area contributed by atoms with Gasteiger partial charge in [-0.25, -0.2) is 0 Å². The second kappa shape index (κ2) is 9.39. The summed E-state index contributed by atoms with van der Waals surface area (Å²) in [6.45, 7) is 6.38. The Labute approximate surface area is 156 Å². The minimum Gasteiger partial charge on any atom is -0.494 e. The molecule has 0 bridgehead atoms. The van der Waals surface area contributed by atoms with Crippen molar-refractivity contribution in [1.82, 2.24) is 10.2 Å². The quantitative estimate of drug-likeness (QED) is 0.819. The minimum absolute atomic E-state index is 0.0548. The molecule has 1 aliphatic heterocycles. The smallest absolute Gasteiger partial charge is 0.251 e. The second-order valence-corrected chi connectivity index (χ2v) is 6.76. The van der Waals surface area contributed by atoms with Crippen LogP contribution in [0.4, 0.5) is 0 Å². The van der Waals surface area contributed by atoms with Crippen molar-refractivity contribution in [1.29, 1.82) is 0 Å². The van der Waals surface area contributed by atoms with E-state index in [0.29, 0.717) is 18.7 Å². The maximum Gasteiger partial charge on any atom is 0.251 e. The second-order valence-electron chi connectivity index (χ2n) is 6.76. The molecule has 0 spiro atoms. The van der Waals surface area contributed by atoms with Crippen molar-refractivity contribution < 1.29 is 9.53 Å². The molecule has 2 aromatic rings. The summed E-state index contributed by atoms with van der Waals surface area (Å²) in [4.78, 5) is 14.9. The van der Waals surface area contributed by atoms with Crippen LogP contribution in [0.1, 0.15) is 47.7 Å². The number of ether oxygens (including phenoxy) is 1. The fourth-order valence-electron chi connectivity index (χ4n) is 3.36. The van der Waals surface area contributed by atoms with Gasteiger partial charge in [0.2, 0.25) is 0 Å². The summed E-state index contributed by atoms with van der Waals surface area (Å²) in [5.74, 6) is 0.771. The predicted molar refractivity (Wildman–Crippen MR) is 104 cm³/mol. The number of hydrogen-bond acceptors (Lipinski definition) is 3. The molecule has 2 aromatic carbocycles. The lowest BCUT2D eigenvalue weighted by Crippen LogP contribution is -2.29. The van der Waals surface area contributed by atoms with E-state index >= 15 is 0 Å². The predicted octanol–water partition coefficient (Wildman–Crippen LogP) is 4.00. The van der Waals surface area contributed by atoms with Crippen molar-refractivity contribution in [3.05, 3.63) is 65.2 Å². The molecule has 1 amide bonds. The monoisotopic (exact) mass is 352 g/mol. The Morgan fingerprint density at radius 3 is 2.50 bits per heavy atom. The van der Waals surface area contributed by atoms with E-state index in [4.69, 9.17) is 4.74 Å². The maximum atomic E-state index is 12.4. The summed E-state index contributed by atoms with van der Waals surface area (Å²) in [5.41, 5.74) is 2.95. The molecule has 0 atom stereocenters. The Morgan fingerprint density at radius 1 is 1.04 bits per heavy atom. The Morgan fingerprint density at radius 2 is 1.77 bits per heavy atom. The van der Waals surface area contributed by atoms with Crippen LogP contribution in [-0.4, -0.2) is 30.5 Å². The first kappa shape index (κ1) is 18.5. The third-order valence-corrected chi connectivity index (χ3v) is 4.78. The summed E-state index contributed by atoms with van der Waals surface area (Å²) >= 11 is 0. The fraction of sp³-hybridized carbons (Fsp3) is 0.409. The molecule has 0 radical (unpaired) electrons. The van der Waals surface area contributed by atoms with E-state index in [9.17, 15) is 4.79 Å². The number of carbonyl (C=O) groups is 1. The fourth-order valence-corrected chi connectivity index (χ4v) is 3.36. The summed E-state index contributed by atoms with van der Waals surface area (Å²) in [6, 6.07) is 15.8. The third kappa shape index (κ3) is 5.09. The highest BCUT2D eigenvalue weighted by Crippen LogP contribution is 2.18. The van der Waals surface area contributed by atoms with Crippen LogP contribution in [0.3, 0.4) is 0 Å². The molecule has 1 aliphatic rings. The number of amides is 1. The van der Waals surface area contributed by atoms with Gasteiger partial charge in [0.25, 0.3) is 5.91 Å². The lowest BCUT2D eigenvalue weighted by atomic mass is 10.1. The number of piperidine rings is 1. The molecule has 1 heterocycles. The van der Waals surface area contributed by atoms with E-state index in [1.54, 1.807) is 0 Å². The van der Waals surface area contributed by atoms with Gasteiger partial charge in [0.1, 0.15) is 5.75 Å². The molecule has 1 N–H and O–H groups in total. The van der Waals surface area contributed by atoms with Crippen LogP contribution in [0.15, 0.2) is 48.5 Å². The molecule has 1 saturated heterocycles. The first-order valence-electron chi connectivity index (χ1n) is 9.56. The molecule has 4 heteroatoms. The van der Waals surface area contributed by atoms with Gasteiger partial charge in [0, 0.05) is 24.2 Å². The summed E-state index contributed by atoms with van der Waals surface area (Å²) in [5, 5.41) is 2.99. The van der Waals surface area contributed by atoms with Crippen molar-refractivity contribution in [2.45, 2.75) is 39.3 Å². The van der Waals surface area contributed by atoms with Gasteiger partial charge in [0.05, 0.1) is 6.61 Å². The van der Waals surface area contributed by atoms with E-state index < -0.39 is 0 Å². The normalized spacial score (nSPS) is 14.8. The van der Waals surface area contributed by atoms with E-state index in [0.717, 1.165) is 17.9 Å². The van der Waals surface area contributed by atoms with Crippen LogP contribution < -0.4 is 10.1 Å². The minimum atomic E-state index is -0.0548. The van der Waals surface area contributed by atoms with Crippen LogP contribution >= 0.6 is 0 Å². The topological polar surface area (TPSA) is 41.6 Å². The lowest BCUT2D eigenvalue weighted by molar-refractivity contribution is 0.0950. The molecule has 26 heavy (non-hydrogen) atoms. The van der Waals surface area contributed by atoms with E-state index in [1.165, 1.54) is 37.9 Å². The number of carbonyl (C=O) groups excluding carboxylic acids is 1. The lowest BCUT2D eigenvalue weighted by Gasteiger charge is -2.26. The Balaban J connectivity index is 1.55. The average Bonchev–Trinajstić information content (AvgIpc) is 2.69. The number of nitrogens with zero attached hydrogens (tertiary/aromatic N) is 1. The van der Waals surface area contributed by atoms with Gasteiger partial charge in [-0.05, 0) is 56.6 Å². The third-order valence-electron chi connectivity index (χ3n) is 4.78. The molecular formula is C22H28N2O2. The highest BCUT2D eigenvalue weighted by atomic mass is 16.5. The molecule has 3 rings (SSSR count). The van der Waals surface area contributed by atoms with Crippen LogP contribution in [0.2, 0.25) is 0 Å². The van der Waals surface area contributed by atoms with Gasteiger partial charge in [-0.2, -0.15) is 0 Å². The molecule has 4 nitrogen and oxygen atoms in total. The molecule has 0 aromatic heterocycles. The standard InChI is InChI=1S/C22H28N2O2/c1-2-26-21-9-5-4-8-20(21)16-23-22(25)19-12-10-18(11-13-19)17-24-14-6-3-7-15-24/h4-5,8-13H,2-3,6-7,14-17H2,1H3,(H,23,25). The number of para-hydroxylation sites is 1. The van der Waals surface area contributed by atoms with Gasteiger partial charge in [0.15, 0.2) is 0 Å². The molecule has 0 unspecified atom stereocenters. The van der Waals surface area contributed by atoms with E-state index in [2.05, 4.69) is 22.3 Å². The molecule has 1 fully saturated rings. The zero-order valence-electron chi connectivity index (χ0n) is 15.5. The SMILES string of the molecule is CCOc1ccccc1CNC(=O)c1ccc(CN2CCCCC2)cc1. The van der Waals surface area contributed by atoms with Gasteiger partial charge >= 0.3 is 0 Å². The summed E-state index contributed by atoms with van der Waals surface area (Å²) in [6.07, 6.45) is 3.94. The summed E-state index contributed by atoms with van der Waals surface area (Å²) in [7, 11) is 0. The Kier molecular flexibility index (Phi) is 6.67. The number of nitrogens with one attached hydrogen (secondary N) is 1. The molecular weight excluding hydrogens is 324 g/mol. The van der Waals surface area contributed by atoms with E-state index in [1.807, 2.05) is 43.3 Å². The van der Waals surface area contributed by atoms with Crippen molar-refractivity contribution in [2.75, 3.05) is 19.7 Å². The maximum absolute atomic E-state index is 12.4. The van der Waals surface area contributed by atoms with Gasteiger partial charge < -0.3 is 10.1 Å². The van der Waals surface area contributed by atoms with Gasteiger partial charge in [-0.1, -0.05) is 36.8 Å². The van der Waals surface area contributed by atoms with Crippen molar-refractivity contribution in [2.24, 2.45) is 0 Å². The Bertz CT molecular complexity index is 706. The highest BCUT2D eigenvalue weighted by molar-refractivity contribution is 5.94. The molecule has 0 saturated carbocycles. The van der Waals surface area contributed by atoms with Crippen molar-refractivity contribution >= 4 is 5.91 Å². The zero-order valence-corrected chi connectivity index (χ0v) is 15.5. The number of benzene rings is 2. The van der Waals surface area contributed by atoms with Crippen LogP contribution in [0, 0.1) is 0 Å². The largest absolute Gasteiger partial charge is 0.494 e. The molecule has 0 aliphatic carbocycles. The number of rotatable bonds is 7. The van der Waals surface area contributed by atoms with Crippen molar-refractivity contribution in [3.8, 4) is 5.75 Å².